The maximum atomic E-state index is 11.7. The third kappa shape index (κ3) is 4.21. The van der Waals surface area contributed by atoms with E-state index in [9.17, 15) is 8.42 Å². The van der Waals surface area contributed by atoms with Crippen molar-refractivity contribution in [1.29, 1.82) is 0 Å². The first kappa shape index (κ1) is 15.3. The predicted molar refractivity (Wildman–Crippen MR) is 80.7 cm³/mol. The summed E-state index contributed by atoms with van der Waals surface area (Å²) < 4.78 is 29.3. The van der Waals surface area contributed by atoms with Gasteiger partial charge in [-0.25, -0.2) is 8.42 Å². The van der Waals surface area contributed by atoms with Gasteiger partial charge < -0.3 is 10.5 Å². The molecule has 1 saturated carbocycles. The molecule has 0 heterocycles. The maximum Gasteiger partial charge on any atom is 0.150 e. The second kappa shape index (κ2) is 6.59. The molecule has 0 amide bonds. The number of hydrogen-bond acceptors (Lipinski definition) is 4. The zero-order valence-corrected chi connectivity index (χ0v) is 12.7. The van der Waals surface area contributed by atoms with E-state index in [-0.39, 0.29) is 11.4 Å². The van der Waals surface area contributed by atoms with Crippen molar-refractivity contribution in [3.8, 4) is 5.75 Å². The van der Waals surface area contributed by atoms with Gasteiger partial charge in [-0.1, -0.05) is 12.1 Å². The zero-order valence-electron chi connectivity index (χ0n) is 11.9. The van der Waals surface area contributed by atoms with Crippen molar-refractivity contribution in [3.63, 3.8) is 0 Å². The van der Waals surface area contributed by atoms with Gasteiger partial charge in [-0.05, 0) is 49.9 Å². The molecule has 0 aromatic heterocycles. The lowest BCUT2D eigenvalue weighted by Crippen LogP contribution is -2.33. The van der Waals surface area contributed by atoms with Crippen molar-refractivity contribution in [3.05, 3.63) is 29.8 Å². The van der Waals surface area contributed by atoms with E-state index in [2.05, 4.69) is 0 Å². The molecule has 2 rings (SSSR count). The van der Waals surface area contributed by atoms with Crippen LogP contribution in [0.5, 0.6) is 5.75 Å². The Morgan fingerprint density at radius 1 is 1.35 bits per heavy atom. The van der Waals surface area contributed by atoms with Crippen LogP contribution in [0, 0.1) is 0 Å². The number of sulfone groups is 1. The van der Waals surface area contributed by atoms with Crippen LogP contribution >= 0.6 is 0 Å². The Bertz CT molecular complexity index is 542. The lowest BCUT2D eigenvalue weighted by Gasteiger charge is -2.28. The molecule has 5 heteroatoms. The molecule has 0 saturated heterocycles. The fraction of sp³-hybridized carbons (Fsp3) is 0.600. The predicted octanol–water partition coefficient (Wildman–Crippen LogP) is 1.92. The molecule has 0 aliphatic heterocycles. The van der Waals surface area contributed by atoms with E-state index in [0.717, 1.165) is 37.0 Å². The number of ether oxygens (including phenoxy) is 1. The van der Waals surface area contributed by atoms with E-state index in [4.69, 9.17) is 10.5 Å². The van der Waals surface area contributed by atoms with Crippen LogP contribution in [0.4, 0.5) is 0 Å². The summed E-state index contributed by atoms with van der Waals surface area (Å²) >= 11 is 0. The second-order valence-corrected chi connectivity index (χ2v) is 7.87. The normalized spacial score (nSPS) is 23.5. The zero-order chi connectivity index (χ0) is 14.6. The molecule has 1 fully saturated rings. The largest absolute Gasteiger partial charge is 0.490 e. The summed E-state index contributed by atoms with van der Waals surface area (Å²) in [5.74, 6) is 0.815. The number of rotatable bonds is 5. The standard InChI is InChI=1S/C15H23NO3S/c1-20(17,18)15-7-3-6-14(11-15)19-13-5-2-4-12(10-13)8-9-16/h2,4-5,10,14-15H,3,6-9,11,16H2,1H3. The number of hydrogen-bond donors (Lipinski definition) is 1. The fourth-order valence-corrected chi connectivity index (χ4v) is 3.89. The van der Waals surface area contributed by atoms with Crippen molar-refractivity contribution in [2.75, 3.05) is 12.8 Å². The number of nitrogens with two attached hydrogens (primary N) is 1. The minimum Gasteiger partial charge on any atom is -0.490 e. The third-order valence-electron chi connectivity index (χ3n) is 3.82. The van der Waals surface area contributed by atoms with Gasteiger partial charge in [0.2, 0.25) is 0 Å². The topological polar surface area (TPSA) is 69.4 Å². The molecule has 0 spiro atoms. The first-order chi connectivity index (χ1) is 9.49. The lowest BCUT2D eigenvalue weighted by atomic mass is 9.97. The van der Waals surface area contributed by atoms with E-state index in [1.54, 1.807) is 0 Å². The van der Waals surface area contributed by atoms with E-state index in [1.807, 2.05) is 24.3 Å². The van der Waals surface area contributed by atoms with Gasteiger partial charge in [-0.3, -0.25) is 0 Å². The minimum absolute atomic E-state index is 0.00315. The molecule has 0 bridgehead atoms. The smallest absolute Gasteiger partial charge is 0.150 e. The maximum absolute atomic E-state index is 11.7. The first-order valence-corrected chi connectivity index (χ1v) is 9.09. The third-order valence-corrected chi connectivity index (χ3v) is 5.46. The Hall–Kier alpha value is -1.07. The Morgan fingerprint density at radius 2 is 2.15 bits per heavy atom. The molecule has 112 valence electrons. The molecule has 1 aromatic rings. The summed E-state index contributed by atoms with van der Waals surface area (Å²) in [4.78, 5) is 0. The van der Waals surface area contributed by atoms with Gasteiger partial charge in [0.05, 0.1) is 11.4 Å². The molecule has 1 aromatic carbocycles. The Labute approximate surface area is 121 Å². The van der Waals surface area contributed by atoms with Crippen LogP contribution in [0.1, 0.15) is 31.2 Å². The first-order valence-electron chi connectivity index (χ1n) is 7.13. The Morgan fingerprint density at radius 3 is 2.85 bits per heavy atom. The highest BCUT2D eigenvalue weighted by Gasteiger charge is 2.29. The van der Waals surface area contributed by atoms with Crippen molar-refractivity contribution >= 4 is 9.84 Å². The summed E-state index contributed by atoms with van der Waals surface area (Å²) in [5.41, 5.74) is 6.71. The van der Waals surface area contributed by atoms with E-state index in [1.165, 1.54) is 6.26 Å². The Kier molecular flexibility index (Phi) is 5.05. The molecule has 0 radical (unpaired) electrons. The molecule has 20 heavy (non-hydrogen) atoms. The highest BCUT2D eigenvalue weighted by atomic mass is 32.2. The monoisotopic (exact) mass is 297 g/mol. The van der Waals surface area contributed by atoms with Crippen molar-refractivity contribution in [2.24, 2.45) is 5.73 Å². The average molecular weight is 297 g/mol. The van der Waals surface area contributed by atoms with Crippen molar-refractivity contribution in [1.82, 2.24) is 0 Å². The lowest BCUT2D eigenvalue weighted by molar-refractivity contribution is 0.156. The van der Waals surface area contributed by atoms with Crippen LogP contribution in [0.25, 0.3) is 0 Å². The highest BCUT2D eigenvalue weighted by Crippen LogP contribution is 2.27. The van der Waals surface area contributed by atoms with Crippen molar-refractivity contribution in [2.45, 2.75) is 43.5 Å². The van der Waals surface area contributed by atoms with Crippen LogP contribution < -0.4 is 10.5 Å². The molecular formula is C15H23NO3S. The van der Waals surface area contributed by atoms with Gasteiger partial charge in [-0.15, -0.1) is 0 Å². The van der Waals surface area contributed by atoms with E-state index in [0.29, 0.717) is 13.0 Å². The molecule has 2 N–H and O–H groups in total. The molecule has 2 unspecified atom stereocenters. The Balaban J connectivity index is 2.00. The molecule has 1 aliphatic carbocycles. The van der Waals surface area contributed by atoms with Crippen LogP contribution in [-0.4, -0.2) is 32.6 Å². The minimum atomic E-state index is -2.96. The quantitative estimate of drug-likeness (QED) is 0.901. The van der Waals surface area contributed by atoms with Gasteiger partial charge in [0.25, 0.3) is 0 Å². The number of benzene rings is 1. The summed E-state index contributed by atoms with van der Waals surface area (Å²) in [6.07, 6.45) is 5.33. The average Bonchev–Trinajstić information content (AvgIpc) is 2.39. The summed E-state index contributed by atoms with van der Waals surface area (Å²) in [7, 11) is -2.96. The highest BCUT2D eigenvalue weighted by molar-refractivity contribution is 7.91. The van der Waals surface area contributed by atoms with Gasteiger partial charge in [0.15, 0.2) is 0 Å². The van der Waals surface area contributed by atoms with Crippen LogP contribution in [0.3, 0.4) is 0 Å². The van der Waals surface area contributed by atoms with Crippen LogP contribution in [0.15, 0.2) is 24.3 Å². The molecule has 2 atom stereocenters. The van der Waals surface area contributed by atoms with Crippen molar-refractivity contribution < 1.29 is 13.2 Å². The van der Waals surface area contributed by atoms with E-state index >= 15 is 0 Å². The van der Waals surface area contributed by atoms with Crippen LogP contribution in [0.2, 0.25) is 0 Å². The summed E-state index contributed by atoms with van der Waals surface area (Å²) in [5, 5.41) is -0.256. The second-order valence-electron chi connectivity index (χ2n) is 5.54. The van der Waals surface area contributed by atoms with Gasteiger partial charge >= 0.3 is 0 Å². The van der Waals surface area contributed by atoms with E-state index < -0.39 is 9.84 Å². The van der Waals surface area contributed by atoms with Crippen LogP contribution in [-0.2, 0) is 16.3 Å². The molecule has 4 nitrogen and oxygen atoms in total. The summed E-state index contributed by atoms with van der Waals surface area (Å²) in [6, 6.07) is 7.90. The van der Waals surface area contributed by atoms with Gasteiger partial charge in [0.1, 0.15) is 15.6 Å². The SMILES string of the molecule is CS(=O)(=O)C1CCCC(Oc2cccc(CCN)c2)C1. The fourth-order valence-electron chi connectivity index (χ4n) is 2.73. The van der Waals surface area contributed by atoms with Gasteiger partial charge in [-0.2, -0.15) is 0 Å². The molecular weight excluding hydrogens is 274 g/mol. The van der Waals surface area contributed by atoms with Gasteiger partial charge in [0, 0.05) is 12.7 Å². The molecule has 1 aliphatic rings. The summed E-state index contributed by atoms with van der Waals surface area (Å²) in [6.45, 7) is 0.614.